The first-order chi connectivity index (χ1) is 13.3. The zero-order valence-electron chi connectivity index (χ0n) is 15.7. The molecule has 1 rings (SSSR count). The SMILES string of the molecule is OCC(O)CN(CC(O)CO)c1ccc(N(CC(O)CO)CC(O)CO)cc1. The van der Waals surface area contributed by atoms with Crippen molar-refractivity contribution < 1.29 is 40.9 Å². The molecule has 1 aromatic rings. The van der Waals surface area contributed by atoms with E-state index in [1.54, 1.807) is 34.1 Å². The van der Waals surface area contributed by atoms with E-state index in [-0.39, 0.29) is 26.2 Å². The minimum absolute atomic E-state index is 0.0447. The minimum Gasteiger partial charge on any atom is -0.394 e. The lowest BCUT2D eigenvalue weighted by atomic mass is 10.2. The van der Waals surface area contributed by atoms with Crippen LogP contribution in [-0.4, -0.2) is 118 Å². The quantitative estimate of drug-likeness (QED) is 0.157. The molecule has 162 valence electrons. The van der Waals surface area contributed by atoms with Crippen LogP contribution in [0.1, 0.15) is 0 Å². The standard InChI is InChI=1S/C18H32N2O8/c21-9-15(25)5-19(6-16(26)10-22)13-1-2-14(4-3-13)20(7-17(27)11-23)8-18(28)12-24/h1-4,15-18,21-28H,5-12H2. The van der Waals surface area contributed by atoms with Crippen LogP contribution in [0.5, 0.6) is 0 Å². The Bertz CT molecular complexity index is 462. The summed E-state index contributed by atoms with van der Waals surface area (Å²) in [6, 6.07) is 6.75. The van der Waals surface area contributed by atoms with E-state index >= 15 is 0 Å². The molecule has 0 saturated carbocycles. The average molecular weight is 404 g/mol. The zero-order valence-corrected chi connectivity index (χ0v) is 15.7. The van der Waals surface area contributed by atoms with Crippen molar-refractivity contribution in [2.75, 3.05) is 62.4 Å². The molecule has 0 spiro atoms. The third kappa shape index (κ3) is 8.25. The van der Waals surface area contributed by atoms with Gasteiger partial charge in [-0.3, -0.25) is 0 Å². The Morgan fingerprint density at radius 1 is 0.500 bits per heavy atom. The molecule has 0 aliphatic carbocycles. The van der Waals surface area contributed by atoms with Crippen molar-refractivity contribution in [1.82, 2.24) is 0 Å². The van der Waals surface area contributed by atoms with Crippen molar-refractivity contribution in [3.63, 3.8) is 0 Å². The van der Waals surface area contributed by atoms with Gasteiger partial charge in [-0.15, -0.1) is 0 Å². The Balaban J connectivity index is 3.00. The van der Waals surface area contributed by atoms with Gasteiger partial charge in [-0.05, 0) is 24.3 Å². The smallest absolute Gasteiger partial charge is 0.0945 e. The maximum Gasteiger partial charge on any atom is 0.0945 e. The van der Waals surface area contributed by atoms with Gasteiger partial charge in [0, 0.05) is 37.6 Å². The Hall–Kier alpha value is -1.50. The third-order valence-electron chi connectivity index (χ3n) is 4.15. The predicted octanol–water partition coefficient (Wildman–Crippen LogP) is -3.29. The van der Waals surface area contributed by atoms with Gasteiger partial charge in [-0.1, -0.05) is 0 Å². The lowest BCUT2D eigenvalue weighted by molar-refractivity contribution is 0.0837. The van der Waals surface area contributed by atoms with E-state index in [4.69, 9.17) is 20.4 Å². The highest BCUT2D eigenvalue weighted by atomic mass is 16.3. The summed E-state index contributed by atoms with van der Waals surface area (Å²) in [5.74, 6) is 0. The van der Waals surface area contributed by atoms with Gasteiger partial charge in [0.1, 0.15) is 0 Å². The minimum atomic E-state index is -1.03. The number of anilines is 2. The molecule has 1 aromatic carbocycles. The molecular weight excluding hydrogens is 372 g/mol. The average Bonchev–Trinajstić information content (AvgIpc) is 2.72. The summed E-state index contributed by atoms with van der Waals surface area (Å²) >= 11 is 0. The van der Waals surface area contributed by atoms with Crippen LogP contribution in [0.2, 0.25) is 0 Å². The third-order valence-corrected chi connectivity index (χ3v) is 4.15. The van der Waals surface area contributed by atoms with Gasteiger partial charge < -0.3 is 50.7 Å². The van der Waals surface area contributed by atoms with Gasteiger partial charge in [-0.2, -0.15) is 0 Å². The van der Waals surface area contributed by atoms with Crippen LogP contribution >= 0.6 is 0 Å². The summed E-state index contributed by atoms with van der Waals surface area (Å²) in [5.41, 5.74) is 1.24. The van der Waals surface area contributed by atoms with Crippen LogP contribution in [-0.2, 0) is 0 Å². The molecule has 0 aromatic heterocycles. The number of aliphatic hydroxyl groups excluding tert-OH is 8. The van der Waals surface area contributed by atoms with Crippen LogP contribution in [0.15, 0.2) is 24.3 Å². The lowest BCUT2D eigenvalue weighted by Crippen LogP contribution is -2.41. The van der Waals surface area contributed by atoms with E-state index in [1.807, 2.05) is 0 Å². The van der Waals surface area contributed by atoms with Crippen molar-refractivity contribution in [2.24, 2.45) is 0 Å². The zero-order chi connectivity index (χ0) is 21.1. The number of hydrogen-bond donors (Lipinski definition) is 8. The fraction of sp³-hybridized carbons (Fsp3) is 0.667. The molecule has 0 fully saturated rings. The Kier molecular flexibility index (Phi) is 11.3. The van der Waals surface area contributed by atoms with E-state index in [0.717, 1.165) is 0 Å². The van der Waals surface area contributed by atoms with Crippen LogP contribution in [0.25, 0.3) is 0 Å². The highest BCUT2D eigenvalue weighted by molar-refractivity contribution is 5.56. The van der Waals surface area contributed by atoms with Crippen molar-refractivity contribution in [1.29, 1.82) is 0 Å². The number of hydrogen-bond acceptors (Lipinski definition) is 10. The van der Waals surface area contributed by atoms with Gasteiger partial charge in [0.25, 0.3) is 0 Å². The Morgan fingerprint density at radius 2 is 0.714 bits per heavy atom. The summed E-state index contributed by atoms with van der Waals surface area (Å²) in [5, 5.41) is 75.2. The van der Waals surface area contributed by atoms with Gasteiger partial charge in [0.15, 0.2) is 0 Å². The normalized spacial score (nSPS) is 15.7. The Labute approximate surface area is 164 Å². The molecule has 4 atom stereocenters. The summed E-state index contributed by atoms with van der Waals surface area (Å²) in [6.45, 7) is -1.62. The molecule has 0 aliphatic rings. The fourth-order valence-corrected chi connectivity index (χ4v) is 2.69. The number of rotatable bonds is 14. The number of aliphatic hydroxyl groups is 8. The molecule has 0 saturated heterocycles. The lowest BCUT2D eigenvalue weighted by Gasteiger charge is -2.31. The number of nitrogens with zero attached hydrogens (tertiary/aromatic N) is 2. The molecule has 0 heterocycles. The van der Waals surface area contributed by atoms with E-state index in [2.05, 4.69) is 0 Å². The first kappa shape index (κ1) is 24.5. The van der Waals surface area contributed by atoms with E-state index < -0.39 is 50.8 Å². The largest absolute Gasteiger partial charge is 0.394 e. The molecular formula is C18H32N2O8. The molecule has 28 heavy (non-hydrogen) atoms. The molecule has 0 radical (unpaired) electrons. The molecule has 4 unspecified atom stereocenters. The molecule has 10 heteroatoms. The first-order valence-corrected chi connectivity index (χ1v) is 9.10. The van der Waals surface area contributed by atoms with Gasteiger partial charge >= 0.3 is 0 Å². The van der Waals surface area contributed by atoms with Crippen molar-refractivity contribution in [2.45, 2.75) is 24.4 Å². The molecule has 10 nitrogen and oxygen atoms in total. The second-order valence-electron chi connectivity index (χ2n) is 6.67. The molecule has 0 aliphatic heterocycles. The van der Waals surface area contributed by atoms with Crippen LogP contribution < -0.4 is 9.80 Å². The van der Waals surface area contributed by atoms with Crippen LogP contribution in [0, 0.1) is 0 Å². The van der Waals surface area contributed by atoms with Gasteiger partial charge in [0.05, 0.1) is 50.8 Å². The second kappa shape index (κ2) is 12.9. The number of benzene rings is 1. The highest BCUT2D eigenvalue weighted by Gasteiger charge is 2.18. The molecule has 0 amide bonds. The highest BCUT2D eigenvalue weighted by Crippen LogP contribution is 2.22. The Morgan fingerprint density at radius 3 is 0.893 bits per heavy atom. The van der Waals surface area contributed by atoms with E-state index in [0.29, 0.717) is 11.4 Å². The van der Waals surface area contributed by atoms with Crippen molar-refractivity contribution >= 4 is 11.4 Å². The predicted molar refractivity (Wildman–Crippen MR) is 103 cm³/mol. The molecule has 8 N–H and O–H groups in total. The fourth-order valence-electron chi connectivity index (χ4n) is 2.69. The summed E-state index contributed by atoms with van der Waals surface area (Å²) in [6.07, 6.45) is -4.11. The summed E-state index contributed by atoms with van der Waals surface area (Å²) < 4.78 is 0. The van der Waals surface area contributed by atoms with E-state index in [1.165, 1.54) is 0 Å². The first-order valence-electron chi connectivity index (χ1n) is 9.10. The van der Waals surface area contributed by atoms with Crippen LogP contribution in [0.4, 0.5) is 11.4 Å². The monoisotopic (exact) mass is 404 g/mol. The van der Waals surface area contributed by atoms with Gasteiger partial charge in [0.2, 0.25) is 0 Å². The topological polar surface area (TPSA) is 168 Å². The summed E-state index contributed by atoms with van der Waals surface area (Å²) in [7, 11) is 0. The maximum atomic E-state index is 9.72. The van der Waals surface area contributed by atoms with Crippen molar-refractivity contribution in [3.8, 4) is 0 Å². The van der Waals surface area contributed by atoms with Gasteiger partial charge in [-0.25, -0.2) is 0 Å². The van der Waals surface area contributed by atoms with E-state index in [9.17, 15) is 20.4 Å². The second-order valence-corrected chi connectivity index (χ2v) is 6.67. The maximum absolute atomic E-state index is 9.72. The summed E-state index contributed by atoms with van der Waals surface area (Å²) in [4.78, 5) is 3.22. The van der Waals surface area contributed by atoms with Crippen LogP contribution in [0.3, 0.4) is 0 Å². The molecule has 0 bridgehead atoms. The van der Waals surface area contributed by atoms with Crippen molar-refractivity contribution in [3.05, 3.63) is 24.3 Å².